The van der Waals surface area contributed by atoms with E-state index >= 15 is 0 Å². The van der Waals surface area contributed by atoms with Gasteiger partial charge in [0.25, 0.3) is 5.91 Å². The molecule has 1 aliphatic carbocycles. The van der Waals surface area contributed by atoms with E-state index in [1.807, 2.05) is 0 Å². The molecule has 0 bridgehead atoms. The number of sulfone groups is 1. The van der Waals surface area contributed by atoms with Crippen molar-refractivity contribution in [3.8, 4) is 0 Å². The van der Waals surface area contributed by atoms with Crippen molar-refractivity contribution in [3.05, 3.63) is 58.9 Å². The van der Waals surface area contributed by atoms with E-state index in [0.29, 0.717) is 43.6 Å². The molecule has 0 radical (unpaired) electrons. The Labute approximate surface area is 231 Å². The van der Waals surface area contributed by atoms with Crippen molar-refractivity contribution in [2.45, 2.75) is 62.8 Å². The number of rotatable bonds is 9. The molecular weight excluding hydrogens is 549 g/mol. The summed E-state index contributed by atoms with van der Waals surface area (Å²) in [6.45, 7) is 3.07. The van der Waals surface area contributed by atoms with Crippen LogP contribution in [0.5, 0.6) is 0 Å². The van der Waals surface area contributed by atoms with Gasteiger partial charge in [0.05, 0.1) is 33.9 Å². The summed E-state index contributed by atoms with van der Waals surface area (Å²) in [4.78, 5) is 31.1. The fraction of sp³-hybridized carbons (Fsp3) is 0.519. The van der Waals surface area contributed by atoms with E-state index < -0.39 is 40.0 Å². The summed E-state index contributed by atoms with van der Waals surface area (Å²) in [5.41, 5.74) is 7.61. The molecule has 1 fully saturated rings. The highest BCUT2D eigenvalue weighted by molar-refractivity contribution is 7.91. The van der Waals surface area contributed by atoms with Gasteiger partial charge in [-0.05, 0) is 60.9 Å². The van der Waals surface area contributed by atoms with Crippen LogP contribution in [0, 0.1) is 11.8 Å². The normalized spacial score (nSPS) is 20.5. The molecule has 4 rings (SSSR count). The predicted molar refractivity (Wildman–Crippen MR) is 140 cm³/mol. The number of carbonyl (C=O) groups is 2. The van der Waals surface area contributed by atoms with Gasteiger partial charge in [-0.3, -0.25) is 14.7 Å². The van der Waals surface area contributed by atoms with E-state index in [9.17, 15) is 31.2 Å². The summed E-state index contributed by atoms with van der Waals surface area (Å²) in [5.74, 6) is -1.54. The van der Waals surface area contributed by atoms with Crippen LogP contribution in [0.1, 0.15) is 65.8 Å². The van der Waals surface area contributed by atoms with Gasteiger partial charge in [0.2, 0.25) is 0 Å². The van der Waals surface area contributed by atoms with Crippen LogP contribution < -0.4 is 11.1 Å². The molecule has 1 aromatic carbocycles. The quantitative estimate of drug-likeness (QED) is 0.455. The Morgan fingerprint density at radius 3 is 2.42 bits per heavy atom. The van der Waals surface area contributed by atoms with Crippen LogP contribution in [0.15, 0.2) is 41.4 Å². The fourth-order valence-corrected chi connectivity index (χ4v) is 6.20. The van der Waals surface area contributed by atoms with Crippen molar-refractivity contribution in [3.63, 3.8) is 0 Å². The zero-order valence-corrected chi connectivity index (χ0v) is 22.9. The Hall–Kier alpha value is -3.19. The SMILES string of the molecule is CCS(=O)(=O)c1ccc([C@H](COC(N)=O)NC(=O)c2cnc3c(c2)CN(CC2CCC(C(F)(F)F)CC2)C3)cc1. The Balaban J connectivity index is 1.39. The van der Waals surface area contributed by atoms with Gasteiger partial charge in [-0.1, -0.05) is 19.1 Å². The number of pyridine rings is 1. The zero-order chi connectivity index (χ0) is 29.1. The second kappa shape index (κ2) is 12.1. The van der Waals surface area contributed by atoms with Crippen molar-refractivity contribution < 1.29 is 35.9 Å². The molecule has 1 atom stereocenters. The maximum Gasteiger partial charge on any atom is 0.404 e. The number of fused-ring (bicyclic) bond motifs is 1. The van der Waals surface area contributed by atoms with Crippen LogP contribution in [0.2, 0.25) is 0 Å². The third-order valence-electron chi connectivity index (χ3n) is 7.63. The summed E-state index contributed by atoms with van der Waals surface area (Å²) in [7, 11) is -3.41. The number of aromatic nitrogens is 1. The number of benzene rings is 1. The fourth-order valence-electron chi connectivity index (χ4n) is 5.32. The van der Waals surface area contributed by atoms with Crippen molar-refractivity contribution in [2.75, 3.05) is 18.9 Å². The van der Waals surface area contributed by atoms with E-state index in [2.05, 4.69) is 15.2 Å². The van der Waals surface area contributed by atoms with Crippen LogP contribution in [-0.2, 0) is 27.7 Å². The average molecular weight is 583 g/mol. The molecule has 3 N–H and O–H groups in total. The maximum absolute atomic E-state index is 13.1. The van der Waals surface area contributed by atoms with Gasteiger partial charge in [0.15, 0.2) is 9.84 Å². The second-order valence-electron chi connectivity index (χ2n) is 10.4. The number of nitrogens with two attached hydrogens (primary N) is 1. The first-order valence-electron chi connectivity index (χ1n) is 13.2. The van der Waals surface area contributed by atoms with Gasteiger partial charge in [0.1, 0.15) is 6.61 Å². The van der Waals surface area contributed by atoms with Gasteiger partial charge < -0.3 is 15.8 Å². The Morgan fingerprint density at radius 1 is 1.15 bits per heavy atom. The number of halogens is 3. The average Bonchev–Trinajstić information content (AvgIpc) is 3.32. The lowest BCUT2D eigenvalue weighted by molar-refractivity contribution is -0.184. The van der Waals surface area contributed by atoms with E-state index in [0.717, 1.165) is 11.3 Å². The molecule has 2 aliphatic rings. The van der Waals surface area contributed by atoms with Crippen molar-refractivity contribution in [1.82, 2.24) is 15.2 Å². The van der Waals surface area contributed by atoms with Gasteiger partial charge >= 0.3 is 12.3 Å². The minimum atomic E-state index is -4.13. The molecule has 1 aromatic heterocycles. The molecule has 2 amide bonds. The zero-order valence-electron chi connectivity index (χ0n) is 22.1. The van der Waals surface area contributed by atoms with Crippen molar-refractivity contribution in [2.24, 2.45) is 17.6 Å². The highest BCUT2D eigenvalue weighted by Gasteiger charge is 2.41. The number of nitrogens with zero attached hydrogens (tertiary/aromatic N) is 2. The minimum Gasteiger partial charge on any atom is -0.447 e. The summed E-state index contributed by atoms with van der Waals surface area (Å²) in [6.07, 6.45) is -2.29. The molecule has 0 unspecified atom stereocenters. The van der Waals surface area contributed by atoms with Crippen LogP contribution in [0.3, 0.4) is 0 Å². The number of hydrogen-bond acceptors (Lipinski definition) is 7. The predicted octanol–water partition coefficient (Wildman–Crippen LogP) is 4.13. The molecule has 1 aliphatic heterocycles. The summed E-state index contributed by atoms with van der Waals surface area (Å²) >= 11 is 0. The summed E-state index contributed by atoms with van der Waals surface area (Å²) in [6, 6.07) is 6.88. The molecular formula is C27H33F3N4O5S. The Morgan fingerprint density at radius 2 is 1.82 bits per heavy atom. The highest BCUT2D eigenvalue weighted by atomic mass is 32.2. The number of hydrogen-bond donors (Lipinski definition) is 2. The van der Waals surface area contributed by atoms with Crippen LogP contribution in [-0.4, -0.2) is 55.4 Å². The van der Waals surface area contributed by atoms with Crippen molar-refractivity contribution in [1.29, 1.82) is 0 Å². The molecule has 218 valence electrons. The molecule has 0 spiro atoms. The molecule has 0 saturated heterocycles. The van der Waals surface area contributed by atoms with Gasteiger partial charge in [-0.2, -0.15) is 13.2 Å². The largest absolute Gasteiger partial charge is 0.447 e. The second-order valence-corrected chi connectivity index (χ2v) is 12.7. The lowest BCUT2D eigenvalue weighted by atomic mass is 9.81. The maximum atomic E-state index is 13.1. The molecule has 40 heavy (non-hydrogen) atoms. The third-order valence-corrected chi connectivity index (χ3v) is 9.39. The van der Waals surface area contributed by atoms with E-state index in [1.165, 1.54) is 18.3 Å². The molecule has 1 saturated carbocycles. The molecule has 2 aromatic rings. The number of ether oxygens (including phenoxy) is 1. The van der Waals surface area contributed by atoms with E-state index in [-0.39, 0.29) is 36.0 Å². The minimum absolute atomic E-state index is 0.0563. The first-order chi connectivity index (χ1) is 18.9. The molecule has 9 nitrogen and oxygen atoms in total. The van der Waals surface area contributed by atoms with E-state index in [1.54, 1.807) is 25.1 Å². The monoisotopic (exact) mass is 582 g/mol. The third kappa shape index (κ3) is 7.30. The van der Waals surface area contributed by atoms with Gasteiger partial charge in [-0.15, -0.1) is 0 Å². The van der Waals surface area contributed by atoms with Gasteiger partial charge in [0, 0.05) is 25.8 Å². The number of alkyl halides is 3. The first kappa shape index (κ1) is 29.8. The topological polar surface area (TPSA) is 132 Å². The van der Waals surface area contributed by atoms with E-state index in [4.69, 9.17) is 10.5 Å². The lowest BCUT2D eigenvalue weighted by Gasteiger charge is -2.32. The highest BCUT2D eigenvalue weighted by Crippen LogP contribution is 2.40. The van der Waals surface area contributed by atoms with Crippen LogP contribution in [0.4, 0.5) is 18.0 Å². The van der Waals surface area contributed by atoms with Gasteiger partial charge in [-0.25, -0.2) is 13.2 Å². The number of nitrogens with one attached hydrogen (secondary N) is 1. The van der Waals surface area contributed by atoms with Crippen LogP contribution >= 0.6 is 0 Å². The summed E-state index contributed by atoms with van der Waals surface area (Å²) < 4.78 is 68.1. The lowest BCUT2D eigenvalue weighted by Crippen LogP contribution is -2.33. The molecule has 13 heteroatoms. The van der Waals surface area contributed by atoms with Crippen molar-refractivity contribution >= 4 is 21.8 Å². The number of primary amides is 1. The Kier molecular flexibility index (Phi) is 9.03. The molecule has 2 heterocycles. The standard InChI is InChI=1S/C27H33F3N4O5S/c1-2-40(37,38)22-9-5-18(6-10-22)24(16-39-26(31)36)33-25(35)19-11-20-14-34(15-23(20)32-12-19)13-17-3-7-21(8-4-17)27(28,29)30/h5-6,9-12,17,21,24H,2-4,7-8,13-16H2,1H3,(H2,31,36)(H,33,35)/t17?,21?,24-/m0/s1. The number of amides is 2. The number of carbonyl (C=O) groups excluding carboxylic acids is 2. The Bertz CT molecular complexity index is 1330. The first-order valence-corrected chi connectivity index (χ1v) is 14.8. The summed E-state index contributed by atoms with van der Waals surface area (Å²) in [5, 5.41) is 2.79. The van der Waals surface area contributed by atoms with Crippen LogP contribution in [0.25, 0.3) is 0 Å². The smallest absolute Gasteiger partial charge is 0.404 e.